The van der Waals surface area contributed by atoms with Gasteiger partial charge in [0.2, 0.25) is 5.91 Å². The first kappa shape index (κ1) is 14.7. The topological polar surface area (TPSA) is 58.4 Å². The highest BCUT2D eigenvalue weighted by Crippen LogP contribution is 2.15. The number of carbonyl (C=O) groups is 1. The average Bonchev–Trinajstić information content (AvgIpc) is 2.93. The minimum Gasteiger partial charge on any atom is -0.297 e. The van der Waals surface area contributed by atoms with Gasteiger partial charge in [-0.3, -0.25) is 15.1 Å². The second-order valence-electron chi connectivity index (χ2n) is 4.76. The summed E-state index contributed by atoms with van der Waals surface area (Å²) in [5.74, 6) is 4.98. The number of hydrogen-bond acceptors (Lipinski definition) is 4. The first-order valence-electron chi connectivity index (χ1n) is 6.46. The maximum absolute atomic E-state index is 11.4. The number of hydrogen-bond donors (Lipinski definition) is 2. The van der Waals surface area contributed by atoms with Crippen LogP contribution in [0.15, 0.2) is 41.8 Å². The molecule has 0 aliphatic carbocycles. The summed E-state index contributed by atoms with van der Waals surface area (Å²) in [6.07, 6.45) is 0.319. The van der Waals surface area contributed by atoms with Crippen molar-refractivity contribution in [1.29, 1.82) is 0 Å². The van der Waals surface area contributed by atoms with Gasteiger partial charge < -0.3 is 0 Å². The molecular weight excluding hydrogens is 270 g/mol. The summed E-state index contributed by atoms with van der Waals surface area (Å²) in [4.78, 5) is 15.0. The van der Waals surface area contributed by atoms with Crippen LogP contribution in [-0.4, -0.2) is 17.9 Å². The van der Waals surface area contributed by atoms with Gasteiger partial charge in [-0.15, -0.1) is 11.3 Å². The van der Waals surface area contributed by atoms with Crippen molar-refractivity contribution in [2.75, 3.05) is 7.05 Å². The molecule has 4 nitrogen and oxygen atoms in total. The fourth-order valence-corrected chi connectivity index (χ4v) is 2.91. The van der Waals surface area contributed by atoms with Gasteiger partial charge in [-0.2, -0.15) is 0 Å². The quantitative estimate of drug-likeness (QED) is 0.485. The summed E-state index contributed by atoms with van der Waals surface area (Å²) in [6.45, 7) is 1.72. The van der Waals surface area contributed by atoms with E-state index in [2.05, 4.69) is 41.0 Å². The number of nitrogens with zero attached hydrogens (tertiary/aromatic N) is 1. The van der Waals surface area contributed by atoms with Gasteiger partial charge in [0.25, 0.3) is 0 Å². The molecule has 1 aromatic heterocycles. The Morgan fingerprint density at radius 3 is 2.60 bits per heavy atom. The molecule has 2 rings (SSSR count). The van der Waals surface area contributed by atoms with Crippen molar-refractivity contribution in [1.82, 2.24) is 10.3 Å². The lowest BCUT2D eigenvalue weighted by molar-refractivity contribution is -0.120. The Morgan fingerprint density at radius 1 is 1.20 bits per heavy atom. The number of hydrazine groups is 1. The molecule has 5 heteroatoms. The number of carbonyl (C=O) groups excluding carboxylic acids is 1. The average molecular weight is 289 g/mol. The zero-order valence-electron chi connectivity index (χ0n) is 11.5. The van der Waals surface area contributed by atoms with Crippen LogP contribution in [0.25, 0.3) is 0 Å². The van der Waals surface area contributed by atoms with Crippen LogP contribution in [0.3, 0.4) is 0 Å². The third kappa shape index (κ3) is 4.16. The van der Waals surface area contributed by atoms with Crippen molar-refractivity contribution < 1.29 is 4.79 Å². The van der Waals surface area contributed by atoms with E-state index in [1.165, 1.54) is 4.88 Å². The number of benzene rings is 1. The standard InChI is InChI=1S/C15H19N3OS/c1-18(11-14-7-4-8-20-14)10-13-6-3-2-5-12(13)9-15(19)17-16/h2-8H,9-11,16H2,1H3,(H,17,19). The highest BCUT2D eigenvalue weighted by molar-refractivity contribution is 7.09. The second kappa shape index (κ2) is 7.19. The highest BCUT2D eigenvalue weighted by atomic mass is 32.1. The maximum Gasteiger partial charge on any atom is 0.238 e. The number of nitrogens with one attached hydrogen (secondary N) is 1. The molecule has 0 saturated carbocycles. The third-order valence-electron chi connectivity index (χ3n) is 3.08. The Bertz CT molecular complexity index is 554. The molecule has 106 valence electrons. The minimum atomic E-state index is -0.168. The van der Waals surface area contributed by atoms with Gasteiger partial charge in [0, 0.05) is 18.0 Å². The van der Waals surface area contributed by atoms with Crippen LogP contribution in [0.4, 0.5) is 0 Å². The van der Waals surface area contributed by atoms with E-state index in [0.717, 1.165) is 24.2 Å². The van der Waals surface area contributed by atoms with Gasteiger partial charge >= 0.3 is 0 Å². The SMILES string of the molecule is CN(Cc1cccs1)Cc1ccccc1CC(=O)NN. The van der Waals surface area contributed by atoms with Crippen molar-refractivity contribution >= 4 is 17.2 Å². The molecule has 0 saturated heterocycles. The van der Waals surface area contributed by atoms with Crippen LogP contribution in [0, 0.1) is 0 Å². The van der Waals surface area contributed by atoms with Crippen LogP contribution in [0.1, 0.15) is 16.0 Å². The number of thiophene rings is 1. The molecule has 3 N–H and O–H groups in total. The normalized spacial score (nSPS) is 10.8. The van der Waals surface area contributed by atoms with E-state index in [9.17, 15) is 4.79 Å². The van der Waals surface area contributed by atoms with E-state index >= 15 is 0 Å². The smallest absolute Gasteiger partial charge is 0.238 e. The summed E-state index contributed by atoms with van der Waals surface area (Å²) in [5, 5.41) is 2.09. The van der Waals surface area contributed by atoms with Gasteiger partial charge in [0.05, 0.1) is 6.42 Å². The minimum absolute atomic E-state index is 0.168. The van der Waals surface area contributed by atoms with Gasteiger partial charge in [0.1, 0.15) is 0 Å². The monoisotopic (exact) mass is 289 g/mol. The van der Waals surface area contributed by atoms with Gasteiger partial charge in [-0.05, 0) is 29.6 Å². The zero-order valence-corrected chi connectivity index (χ0v) is 12.3. The highest BCUT2D eigenvalue weighted by Gasteiger charge is 2.09. The summed E-state index contributed by atoms with van der Waals surface area (Å²) in [5.41, 5.74) is 4.36. The lowest BCUT2D eigenvalue weighted by Gasteiger charge is -2.18. The zero-order chi connectivity index (χ0) is 14.4. The Kier molecular flexibility index (Phi) is 5.29. The summed E-state index contributed by atoms with van der Waals surface area (Å²) in [7, 11) is 2.08. The van der Waals surface area contributed by atoms with Gasteiger partial charge in [-0.1, -0.05) is 30.3 Å². The second-order valence-corrected chi connectivity index (χ2v) is 5.80. The fourth-order valence-electron chi connectivity index (χ4n) is 2.12. The van der Waals surface area contributed by atoms with E-state index < -0.39 is 0 Å². The van der Waals surface area contributed by atoms with E-state index in [4.69, 9.17) is 5.84 Å². The van der Waals surface area contributed by atoms with Crippen molar-refractivity contribution in [3.8, 4) is 0 Å². The van der Waals surface area contributed by atoms with Crippen LogP contribution in [0.2, 0.25) is 0 Å². The molecule has 0 aliphatic heterocycles. The molecule has 0 spiro atoms. The van der Waals surface area contributed by atoms with Gasteiger partial charge in [0.15, 0.2) is 0 Å². The molecule has 0 aliphatic rings. The first-order valence-corrected chi connectivity index (χ1v) is 7.34. The number of nitrogens with two attached hydrogens (primary N) is 1. The summed E-state index contributed by atoms with van der Waals surface area (Å²) < 4.78 is 0. The van der Waals surface area contributed by atoms with Crippen LogP contribution in [-0.2, 0) is 24.3 Å². The van der Waals surface area contributed by atoms with E-state index in [1.54, 1.807) is 11.3 Å². The molecule has 1 amide bonds. The molecule has 20 heavy (non-hydrogen) atoms. The van der Waals surface area contributed by atoms with Crippen molar-refractivity contribution in [2.45, 2.75) is 19.5 Å². The molecule has 0 fully saturated rings. The Morgan fingerprint density at radius 2 is 1.95 bits per heavy atom. The molecule has 1 aromatic carbocycles. The maximum atomic E-state index is 11.4. The lowest BCUT2D eigenvalue weighted by Crippen LogP contribution is -2.31. The Labute approximate surface area is 123 Å². The predicted molar refractivity (Wildman–Crippen MR) is 82.0 cm³/mol. The van der Waals surface area contributed by atoms with Gasteiger partial charge in [-0.25, -0.2) is 5.84 Å². The molecule has 0 unspecified atom stereocenters. The number of amides is 1. The third-order valence-corrected chi connectivity index (χ3v) is 3.94. The van der Waals surface area contributed by atoms with Crippen LogP contribution in [0.5, 0.6) is 0 Å². The summed E-state index contributed by atoms with van der Waals surface area (Å²) >= 11 is 1.76. The Hall–Kier alpha value is -1.69. The first-order chi connectivity index (χ1) is 9.69. The van der Waals surface area contributed by atoms with E-state index in [0.29, 0.717) is 6.42 Å². The van der Waals surface area contributed by atoms with Crippen molar-refractivity contribution in [3.05, 3.63) is 57.8 Å². The lowest BCUT2D eigenvalue weighted by atomic mass is 10.0. The molecule has 0 atom stereocenters. The van der Waals surface area contributed by atoms with Crippen molar-refractivity contribution in [2.24, 2.45) is 5.84 Å². The summed E-state index contributed by atoms with van der Waals surface area (Å²) in [6, 6.07) is 12.2. The molecular formula is C15H19N3OS. The molecule has 0 bridgehead atoms. The molecule has 0 radical (unpaired) electrons. The van der Waals surface area contributed by atoms with Crippen LogP contribution >= 0.6 is 11.3 Å². The predicted octanol–water partition coefficient (Wildman–Crippen LogP) is 1.91. The molecule has 2 aromatic rings. The Balaban J connectivity index is 2.02. The van der Waals surface area contributed by atoms with Crippen molar-refractivity contribution in [3.63, 3.8) is 0 Å². The van der Waals surface area contributed by atoms with E-state index in [1.807, 2.05) is 18.2 Å². The van der Waals surface area contributed by atoms with Crippen LogP contribution < -0.4 is 11.3 Å². The largest absolute Gasteiger partial charge is 0.297 e. The van der Waals surface area contributed by atoms with E-state index in [-0.39, 0.29) is 5.91 Å². The molecule has 1 heterocycles. The number of rotatable bonds is 6. The fraction of sp³-hybridized carbons (Fsp3) is 0.267.